The van der Waals surface area contributed by atoms with Crippen molar-refractivity contribution in [2.24, 2.45) is 5.73 Å². The minimum atomic E-state index is -0.537. The van der Waals surface area contributed by atoms with Crippen LogP contribution in [0.4, 0.5) is 0 Å². The molecule has 1 heterocycles. The lowest BCUT2D eigenvalue weighted by Gasteiger charge is -2.27. The van der Waals surface area contributed by atoms with Gasteiger partial charge >= 0.3 is 5.97 Å². The highest BCUT2D eigenvalue weighted by atomic mass is 16.5. The highest BCUT2D eigenvalue weighted by molar-refractivity contribution is 5.94. The van der Waals surface area contributed by atoms with Crippen LogP contribution < -0.4 is 24.7 Å². The number of hydrogen-bond acceptors (Lipinski definition) is 7. The van der Waals surface area contributed by atoms with E-state index in [9.17, 15) is 10.1 Å². The number of carbonyl (C=O) groups is 1. The number of fused-ring (bicyclic) bond motifs is 1. The van der Waals surface area contributed by atoms with Crippen LogP contribution in [0.3, 0.4) is 0 Å². The Morgan fingerprint density at radius 2 is 1.64 bits per heavy atom. The van der Waals surface area contributed by atoms with Crippen LogP contribution >= 0.6 is 0 Å². The molecule has 0 fully saturated rings. The number of carbonyl (C=O) groups excluding carboxylic acids is 1. The fourth-order valence-electron chi connectivity index (χ4n) is 4.39. The van der Waals surface area contributed by atoms with Crippen LogP contribution in [0.15, 0.2) is 78.2 Å². The van der Waals surface area contributed by atoms with Gasteiger partial charge in [0.25, 0.3) is 0 Å². The first-order chi connectivity index (χ1) is 19.0. The minimum absolute atomic E-state index is 0.0213. The molecule has 4 rings (SSSR count). The quantitative estimate of drug-likeness (QED) is 0.156. The summed E-state index contributed by atoms with van der Waals surface area (Å²) in [6.07, 6.45) is 5.15. The van der Waals surface area contributed by atoms with Gasteiger partial charge in [0, 0.05) is 11.6 Å². The molecule has 3 aromatic rings. The second kappa shape index (κ2) is 13.4. The van der Waals surface area contributed by atoms with Crippen molar-refractivity contribution in [1.82, 2.24) is 0 Å². The summed E-state index contributed by atoms with van der Waals surface area (Å²) >= 11 is 0. The van der Waals surface area contributed by atoms with E-state index >= 15 is 0 Å². The van der Waals surface area contributed by atoms with Crippen molar-refractivity contribution in [1.29, 1.82) is 5.26 Å². The van der Waals surface area contributed by atoms with Gasteiger partial charge in [-0.15, -0.1) is 0 Å². The molecule has 0 saturated carbocycles. The molecule has 7 nitrogen and oxygen atoms in total. The molecule has 0 radical (unpaired) electrons. The van der Waals surface area contributed by atoms with Crippen molar-refractivity contribution in [3.63, 3.8) is 0 Å². The summed E-state index contributed by atoms with van der Waals surface area (Å²) in [4.78, 5) is 13.0. The van der Waals surface area contributed by atoms with Crippen LogP contribution in [0, 0.1) is 11.3 Å². The minimum Gasteiger partial charge on any atom is -0.494 e. The zero-order valence-corrected chi connectivity index (χ0v) is 22.4. The lowest BCUT2D eigenvalue weighted by atomic mass is 9.83. The molecular formula is C32H34N2O5. The molecule has 1 unspecified atom stereocenters. The summed E-state index contributed by atoms with van der Waals surface area (Å²) < 4.78 is 23.1. The molecule has 0 bridgehead atoms. The van der Waals surface area contributed by atoms with Gasteiger partial charge in [0.15, 0.2) is 0 Å². The summed E-state index contributed by atoms with van der Waals surface area (Å²) in [6, 6.07) is 22.0. The molecular weight excluding hydrogens is 492 g/mol. The van der Waals surface area contributed by atoms with E-state index in [4.69, 9.17) is 24.7 Å². The number of unbranched alkanes of at least 4 members (excludes halogenated alkanes) is 3. The van der Waals surface area contributed by atoms with Crippen molar-refractivity contribution < 1.29 is 23.7 Å². The summed E-state index contributed by atoms with van der Waals surface area (Å²) in [7, 11) is 0. The molecule has 0 amide bonds. The molecule has 39 heavy (non-hydrogen) atoms. The maximum atomic E-state index is 13.0. The lowest BCUT2D eigenvalue weighted by molar-refractivity contribution is 0.0730. The number of allylic oxidation sites excluding steroid dienone is 1. The SMILES string of the molecule is CCCCCOc1ccc(C2C(C#N)=C(N)Oc3cc(OC(=O)c4ccccc4OCCCC)ccc32)cc1. The van der Waals surface area contributed by atoms with Crippen molar-refractivity contribution in [2.45, 2.75) is 51.9 Å². The van der Waals surface area contributed by atoms with Crippen LogP contribution in [0.2, 0.25) is 0 Å². The molecule has 0 spiro atoms. The smallest absolute Gasteiger partial charge is 0.347 e. The highest BCUT2D eigenvalue weighted by Crippen LogP contribution is 2.43. The monoisotopic (exact) mass is 526 g/mol. The second-order valence-electron chi connectivity index (χ2n) is 9.34. The number of nitrogens with zero attached hydrogens (tertiary/aromatic N) is 1. The van der Waals surface area contributed by atoms with Crippen LogP contribution in [0.5, 0.6) is 23.0 Å². The van der Waals surface area contributed by atoms with Gasteiger partial charge in [0.1, 0.15) is 40.2 Å². The van der Waals surface area contributed by atoms with E-state index in [1.54, 1.807) is 36.4 Å². The first-order valence-corrected chi connectivity index (χ1v) is 13.4. The summed E-state index contributed by atoms with van der Waals surface area (Å²) in [5.74, 6) is 1.04. The van der Waals surface area contributed by atoms with Crippen LogP contribution in [-0.4, -0.2) is 19.2 Å². The Morgan fingerprint density at radius 1 is 0.923 bits per heavy atom. The Morgan fingerprint density at radius 3 is 2.38 bits per heavy atom. The summed E-state index contributed by atoms with van der Waals surface area (Å²) in [6.45, 7) is 5.42. The average molecular weight is 527 g/mol. The molecule has 1 aliphatic heterocycles. The molecule has 0 aliphatic carbocycles. The van der Waals surface area contributed by atoms with Gasteiger partial charge in [-0.2, -0.15) is 5.26 Å². The average Bonchev–Trinajstić information content (AvgIpc) is 2.95. The Labute approximate surface area is 229 Å². The van der Waals surface area contributed by atoms with E-state index < -0.39 is 11.9 Å². The van der Waals surface area contributed by atoms with Crippen molar-refractivity contribution in [3.05, 3.63) is 94.9 Å². The normalized spacial score (nSPS) is 14.1. The maximum Gasteiger partial charge on any atom is 0.347 e. The Hall–Kier alpha value is -4.44. The van der Waals surface area contributed by atoms with E-state index in [0.717, 1.165) is 49.0 Å². The third kappa shape index (κ3) is 6.71. The van der Waals surface area contributed by atoms with Gasteiger partial charge in [0.05, 0.1) is 19.1 Å². The van der Waals surface area contributed by atoms with Gasteiger partial charge in [0.2, 0.25) is 5.88 Å². The first-order valence-electron chi connectivity index (χ1n) is 13.4. The largest absolute Gasteiger partial charge is 0.494 e. The number of para-hydroxylation sites is 1. The topological polar surface area (TPSA) is 104 Å². The fraction of sp³-hybridized carbons (Fsp3) is 0.312. The van der Waals surface area contributed by atoms with E-state index in [1.165, 1.54) is 0 Å². The molecule has 0 aromatic heterocycles. The van der Waals surface area contributed by atoms with E-state index in [-0.39, 0.29) is 5.88 Å². The second-order valence-corrected chi connectivity index (χ2v) is 9.34. The number of nitriles is 1. The predicted octanol–water partition coefficient (Wildman–Crippen LogP) is 6.87. The van der Waals surface area contributed by atoms with Gasteiger partial charge < -0.3 is 24.7 Å². The standard InChI is InChI=1S/C32H34N2O5/c1-3-5-9-19-36-23-14-12-22(13-15-23)30-25-17-16-24(20-29(25)39-31(34)27(30)21-33)38-32(35)26-10-7-8-11-28(26)37-18-6-4-2/h7-8,10-17,20,30H,3-6,9,18-19,34H2,1-2H3. The van der Waals surface area contributed by atoms with Gasteiger partial charge in [-0.1, -0.05) is 63.4 Å². The molecule has 1 aliphatic rings. The van der Waals surface area contributed by atoms with Crippen molar-refractivity contribution in [2.75, 3.05) is 13.2 Å². The first kappa shape index (κ1) is 27.6. The number of hydrogen-bond donors (Lipinski definition) is 1. The van der Waals surface area contributed by atoms with E-state index in [1.807, 2.05) is 30.3 Å². The molecule has 0 saturated heterocycles. The number of benzene rings is 3. The Balaban J connectivity index is 1.55. The van der Waals surface area contributed by atoms with Gasteiger partial charge in [-0.25, -0.2) is 4.79 Å². The predicted molar refractivity (Wildman–Crippen MR) is 149 cm³/mol. The molecule has 3 aromatic carbocycles. The van der Waals surface area contributed by atoms with Crippen molar-refractivity contribution in [3.8, 4) is 29.1 Å². The number of nitrogens with two attached hydrogens (primary N) is 1. The zero-order valence-electron chi connectivity index (χ0n) is 22.4. The maximum absolute atomic E-state index is 13.0. The summed E-state index contributed by atoms with van der Waals surface area (Å²) in [5, 5.41) is 9.87. The number of rotatable bonds is 12. The Bertz CT molecular complexity index is 1360. The number of esters is 1. The molecule has 7 heteroatoms. The van der Waals surface area contributed by atoms with E-state index in [0.29, 0.717) is 41.6 Å². The highest BCUT2D eigenvalue weighted by Gasteiger charge is 2.31. The zero-order chi connectivity index (χ0) is 27.6. The molecule has 202 valence electrons. The molecule has 1 atom stereocenters. The van der Waals surface area contributed by atoms with Gasteiger partial charge in [-0.3, -0.25) is 0 Å². The third-order valence-corrected chi connectivity index (χ3v) is 6.49. The van der Waals surface area contributed by atoms with Crippen LogP contribution in [0.1, 0.15) is 73.4 Å². The van der Waals surface area contributed by atoms with E-state index in [2.05, 4.69) is 19.9 Å². The summed E-state index contributed by atoms with van der Waals surface area (Å²) in [5.41, 5.74) is 8.45. The third-order valence-electron chi connectivity index (χ3n) is 6.49. The Kier molecular flexibility index (Phi) is 9.47. The lowest BCUT2D eigenvalue weighted by Crippen LogP contribution is -2.21. The molecule has 2 N–H and O–H groups in total. The van der Waals surface area contributed by atoms with Crippen molar-refractivity contribution >= 4 is 5.97 Å². The van der Waals surface area contributed by atoms with Gasteiger partial charge in [-0.05, 0) is 48.7 Å². The number of ether oxygens (including phenoxy) is 4. The fourth-order valence-corrected chi connectivity index (χ4v) is 4.39. The van der Waals surface area contributed by atoms with Crippen LogP contribution in [0.25, 0.3) is 0 Å². The van der Waals surface area contributed by atoms with Crippen LogP contribution in [-0.2, 0) is 0 Å².